The summed E-state index contributed by atoms with van der Waals surface area (Å²) in [5.41, 5.74) is 1.45. The molecule has 1 aromatic heterocycles. The number of aliphatic hydroxyl groups is 1. The molecule has 6 heteroatoms. The first kappa shape index (κ1) is 15.1. The molecule has 0 aliphatic carbocycles. The van der Waals surface area contributed by atoms with Crippen molar-refractivity contribution in [2.45, 2.75) is 26.4 Å². The fourth-order valence-corrected chi connectivity index (χ4v) is 1.79. The van der Waals surface area contributed by atoms with Crippen molar-refractivity contribution in [2.75, 3.05) is 11.9 Å². The van der Waals surface area contributed by atoms with Crippen molar-refractivity contribution in [1.82, 2.24) is 10.3 Å². The van der Waals surface area contributed by atoms with Crippen molar-refractivity contribution in [3.8, 4) is 11.5 Å². The molecule has 0 spiro atoms. The van der Waals surface area contributed by atoms with Gasteiger partial charge in [0.25, 0.3) is 0 Å². The Morgan fingerprint density at radius 3 is 2.95 bits per heavy atom. The van der Waals surface area contributed by atoms with E-state index >= 15 is 0 Å². The summed E-state index contributed by atoms with van der Waals surface area (Å²) in [7, 11) is 0. The van der Waals surface area contributed by atoms with Crippen LogP contribution in [0.4, 0.5) is 10.5 Å². The Kier molecular flexibility index (Phi) is 4.94. The van der Waals surface area contributed by atoms with Crippen LogP contribution in [0.3, 0.4) is 0 Å². The monoisotopic (exact) mass is 289 g/mol. The standard InChI is InChI=1S/C15H19N3O3/c1-10(19)6-7-16-15(20)18-13-5-3-4-12(8-13)14-17-9-11(2)21-14/h3-5,8-10,19H,6-7H2,1-2H3,(H2,16,18,20). The summed E-state index contributed by atoms with van der Waals surface area (Å²) in [6.45, 7) is 3.93. The highest BCUT2D eigenvalue weighted by Crippen LogP contribution is 2.22. The summed E-state index contributed by atoms with van der Waals surface area (Å²) >= 11 is 0. The number of hydrogen-bond acceptors (Lipinski definition) is 4. The normalized spacial score (nSPS) is 12.0. The molecule has 1 atom stereocenters. The highest BCUT2D eigenvalue weighted by molar-refractivity contribution is 5.89. The molecule has 0 radical (unpaired) electrons. The molecule has 1 heterocycles. The molecule has 0 bridgehead atoms. The number of hydrogen-bond donors (Lipinski definition) is 3. The third-order valence-corrected chi connectivity index (χ3v) is 2.84. The third-order valence-electron chi connectivity index (χ3n) is 2.84. The summed E-state index contributed by atoms with van der Waals surface area (Å²) in [4.78, 5) is 15.9. The van der Waals surface area contributed by atoms with E-state index < -0.39 is 6.10 Å². The van der Waals surface area contributed by atoms with Gasteiger partial charge in [0.05, 0.1) is 12.3 Å². The number of oxazole rings is 1. The summed E-state index contributed by atoms with van der Waals surface area (Å²) in [6.07, 6.45) is 1.74. The second kappa shape index (κ2) is 6.90. The maximum atomic E-state index is 11.7. The Hall–Kier alpha value is -2.34. The van der Waals surface area contributed by atoms with Crippen molar-refractivity contribution >= 4 is 11.7 Å². The number of carbonyl (C=O) groups excluding carboxylic acids is 1. The molecule has 112 valence electrons. The van der Waals surface area contributed by atoms with Crippen LogP contribution in [0.15, 0.2) is 34.9 Å². The van der Waals surface area contributed by atoms with Gasteiger partial charge in [0.1, 0.15) is 5.76 Å². The Balaban J connectivity index is 1.96. The van der Waals surface area contributed by atoms with Crippen LogP contribution in [0.25, 0.3) is 11.5 Å². The molecule has 2 aromatic rings. The van der Waals surface area contributed by atoms with Gasteiger partial charge in [-0.25, -0.2) is 9.78 Å². The number of aliphatic hydroxyl groups excluding tert-OH is 1. The number of rotatable bonds is 5. The first-order chi connectivity index (χ1) is 10.0. The molecule has 0 saturated heterocycles. The lowest BCUT2D eigenvalue weighted by Gasteiger charge is -2.09. The van der Waals surface area contributed by atoms with Crippen LogP contribution in [0, 0.1) is 6.92 Å². The van der Waals surface area contributed by atoms with E-state index in [1.807, 2.05) is 19.1 Å². The van der Waals surface area contributed by atoms with E-state index in [-0.39, 0.29) is 6.03 Å². The van der Waals surface area contributed by atoms with Gasteiger partial charge in [-0.1, -0.05) is 6.07 Å². The minimum atomic E-state index is -0.429. The first-order valence-electron chi connectivity index (χ1n) is 6.80. The number of benzene rings is 1. The van der Waals surface area contributed by atoms with Crippen LogP contribution in [-0.4, -0.2) is 28.8 Å². The Labute approximate surface area is 123 Å². The number of aromatic nitrogens is 1. The summed E-state index contributed by atoms with van der Waals surface area (Å²) in [6, 6.07) is 6.95. The molecule has 3 N–H and O–H groups in total. The van der Waals surface area contributed by atoms with Gasteiger partial charge in [-0.2, -0.15) is 0 Å². The second-order valence-corrected chi connectivity index (χ2v) is 4.88. The number of carbonyl (C=O) groups is 1. The van der Waals surface area contributed by atoms with Gasteiger partial charge < -0.3 is 20.2 Å². The average Bonchev–Trinajstić information content (AvgIpc) is 2.85. The fraction of sp³-hybridized carbons (Fsp3) is 0.333. The molecular weight excluding hydrogens is 270 g/mol. The van der Waals surface area contributed by atoms with Crippen LogP contribution >= 0.6 is 0 Å². The largest absolute Gasteiger partial charge is 0.441 e. The molecule has 0 saturated carbocycles. The van der Waals surface area contributed by atoms with Crippen molar-refractivity contribution < 1.29 is 14.3 Å². The minimum absolute atomic E-state index is 0.309. The molecule has 1 unspecified atom stereocenters. The zero-order chi connectivity index (χ0) is 15.2. The van der Waals surface area contributed by atoms with E-state index in [1.54, 1.807) is 25.3 Å². The molecule has 2 rings (SSSR count). The van der Waals surface area contributed by atoms with Crippen LogP contribution < -0.4 is 10.6 Å². The van der Waals surface area contributed by atoms with Crippen molar-refractivity contribution in [3.05, 3.63) is 36.2 Å². The predicted octanol–water partition coefficient (Wildman–Crippen LogP) is 2.54. The summed E-state index contributed by atoms with van der Waals surface area (Å²) < 4.78 is 5.45. The van der Waals surface area contributed by atoms with Gasteiger partial charge in [0, 0.05) is 17.8 Å². The quantitative estimate of drug-likeness (QED) is 0.789. The van der Waals surface area contributed by atoms with Gasteiger partial charge in [0.15, 0.2) is 0 Å². The van der Waals surface area contributed by atoms with Gasteiger partial charge in [-0.15, -0.1) is 0 Å². The highest BCUT2D eigenvalue weighted by Gasteiger charge is 2.07. The SMILES string of the molecule is Cc1cnc(-c2cccc(NC(=O)NCCC(C)O)c2)o1. The zero-order valence-electron chi connectivity index (χ0n) is 12.1. The molecular formula is C15H19N3O3. The highest BCUT2D eigenvalue weighted by atomic mass is 16.4. The van der Waals surface area contributed by atoms with Gasteiger partial charge in [0.2, 0.25) is 5.89 Å². The molecule has 21 heavy (non-hydrogen) atoms. The van der Waals surface area contributed by atoms with E-state index in [1.165, 1.54) is 0 Å². The molecule has 0 fully saturated rings. The number of aryl methyl sites for hydroxylation is 1. The van der Waals surface area contributed by atoms with Gasteiger partial charge in [-0.3, -0.25) is 0 Å². The first-order valence-corrected chi connectivity index (χ1v) is 6.80. The Morgan fingerprint density at radius 2 is 2.29 bits per heavy atom. The molecule has 1 aromatic carbocycles. The number of urea groups is 1. The Bertz CT molecular complexity index is 608. The van der Waals surface area contributed by atoms with E-state index in [9.17, 15) is 4.79 Å². The lowest BCUT2D eigenvalue weighted by Crippen LogP contribution is -2.30. The number of nitrogens with zero attached hydrogens (tertiary/aromatic N) is 1. The fourth-order valence-electron chi connectivity index (χ4n) is 1.79. The van der Waals surface area contributed by atoms with E-state index in [4.69, 9.17) is 9.52 Å². The second-order valence-electron chi connectivity index (χ2n) is 4.88. The third kappa shape index (κ3) is 4.61. The van der Waals surface area contributed by atoms with Crippen LogP contribution in [0.1, 0.15) is 19.1 Å². The molecule has 0 aliphatic heterocycles. The van der Waals surface area contributed by atoms with E-state index in [2.05, 4.69) is 15.6 Å². The number of amides is 2. The maximum Gasteiger partial charge on any atom is 0.319 e. The average molecular weight is 289 g/mol. The van der Waals surface area contributed by atoms with Crippen molar-refractivity contribution in [2.24, 2.45) is 0 Å². The van der Waals surface area contributed by atoms with Crippen LogP contribution in [-0.2, 0) is 0 Å². The van der Waals surface area contributed by atoms with E-state index in [0.29, 0.717) is 24.5 Å². The van der Waals surface area contributed by atoms with Crippen LogP contribution in [0.5, 0.6) is 0 Å². The Morgan fingerprint density at radius 1 is 1.48 bits per heavy atom. The molecule has 2 amide bonds. The number of nitrogens with one attached hydrogen (secondary N) is 2. The van der Waals surface area contributed by atoms with Crippen molar-refractivity contribution in [3.63, 3.8) is 0 Å². The summed E-state index contributed by atoms with van der Waals surface area (Å²) in [5.74, 6) is 1.25. The smallest absolute Gasteiger partial charge is 0.319 e. The van der Waals surface area contributed by atoms with E-state index in [0.717, 1.165) is 11.3 Å². The van der Waals surface area contributed by atoms with Crippen molar-refractivity contribution in [1.29, 1.82) is 0 Å². The van der Waals surface area contributed by atoms with Crippen LogP contribution in [0.2, 0.25) is 0 Å². The number of anilines is 1. The lowest BCUT2D eigenvalue weighted by atomic mass is 10.2. The maximum absolute atomic E-state index is 11.7. The van der Waals surface area contributed by atoms with Gasteiger partial charge >= 0.3 is 6.03 Å². The molecule has 0 aliphatic rings. The predicted molar refractivity (Wildman–Crippen MR) is 80.0 cm³/mol. The summed E-state index contributed by atoms with van der Waals surface area (Å²) in [5, 5.41) is 14.5. The minimum Gasteiger partial charge on any atom is -0.441 e. The molecule has 6 nitrogen and oxygen atoms in total. The zero-order valence-corrected chi connectivity index (χ0v) is 12.1. The topological polar surface area (TPSA) is 87.4 Å². The lowest BCUT2D eigenvalue weighted by molar-refractivity contribution is 0.184. The van der Waals surface area contributed by atoms with Gasteiger partial charge in [-0.05, 0) is 38.5 Å².